The second-order valence-electron chi connectivity index (χ2n) is 5.96. The van der Waals surface area contributed by atoms with Crippen LogP contribution in [0.15, 0.2) is 60.8 Å². The van der Waals surface area contributed by atoms with E-state index in [9.17, 15) is 4.79 Å². The molecule has 1 N–H and O–H groups in total. The van der Waals surface area contributed by atoms with E-state index in [1.807, 2.05) is 53.6 Å². The maximum atomic E-state index is 12.5. The van der Waals surface area contributed by atoms with Crippen LogP contribution in [0.5, 0.6) is 0 Å². The molecule has 0 atom stereocenters. The highest BCUT2D eigenvalue weighted by Crippen LogP contribution is 2.32. The van der Waals surface area contributed by atoms with E-state index in [1.54, 1.807) is 0 Å². The fraction of sp³-hybridized carbons (Fsp3) is 0.150. The van der Waals surface area contributed by atoms with Gasteiger partial charge in [-0.1, -0.05) is 48.0 Å². The number of fused-ring (bicyclic) bond motifs is 1. The number of amides is 1. The maximum Gasteiger partial charge on any atom is 0.254 e. The molecule has 24 heavy (non-hydrogen) atoms. The number of carbonyl (C=O) groups is 1. The second kappa shape index (κ2) is 6.17. The van der Waals surface area contributed by atoms with Crippen LogP contribution in [0.4, 0.5) is 0 Å². The van der Waals surface area contributed by atoms with Gasteiger partial charge in [-0.05, 0) is 30.2 Å². The fourth-order valence-corrected chi connectivity index (χ4v) is 3.47. The number of carbonyl (C=O) groups excluding carboxylic acids is 1. The summed E-state index contributed by atoms with van der Waals surface area (Å²) in [5, 5.41) is 1.87. The number of benzene rings is 2. The monoisotopic (exact) mass is 336 g/mol. The molecule has 0 spiro atoms. The van der Waals surface area contributed by atoms with Crippen molar-refractivity contribution in [3.63, 3.8) is 0 Å². The molecule has 3 nitrogen and oxygen atoms in total. The summed E-state index contributed by atoms with van der Waals surface area (Å²) in [6, 6.07) is 15.4. The van der Waals surface area contributed by atoms with Crippen LogP contribution < -0.4 is 0 Å². The first-order chi connectivity index (χ1) is 11.7. The molecule has 0 saturated heterocycles. The zero-order valence-corrected chi connectivity index (χ0v) is 13.9. The fourth-order valence-electron chi connectivity index (χ4n) is 3.24. The SMILES string of the molecule is O=C(c1ccccc1)N1CC=C(c2c[nH]c3c(Cl)cccc23)CC1. The largest absolute Gasteiger partial charge is 0.359 e. The molecule has 1 aliphatic rings. The topological polar surface area (TPSA) is 36.1 Å². The van der Waals surface area contributed by atoms with Gasteiger partial charge in [0, 0.05) is 35.8 Å². The summed E-state index contributed by atoms with van der Waals surface area (Å²) in [6.07, 6.45) is 5.00. The van der Waals surface area contributed by atoms with Crippen LogP contribution in [0.1, 0.15) is 22.3 Å². The summed E-state index contributed by atoms with van der Waals surface area (Å²) < 4.78 is 0. The number of aromatic nitrogens is 1. The molecule has 2 aromatic carbocycles. The van der Waals surface area contributed by atoms with Crippen molar-refractivity contribution in [1.82, 2.24) is 9.88 Å². The Kier molecular flexibility index (Phi) is 3.87. The van der Waals surface area contributed by atoms with Gasteiger partial charge in [-0.25, -0.2) is 0 Å². The Labute approximate surface area is 145 Å². The molecule has 0 aliphatic carbocycles. The summed E-state index contributed by atoms with van der Waals surface area (Å²) in [4.78, 5) is 17.7. The molecule has 0 bridgehead atoms. The molecule has 1 amide bonds. The van der Waals surface area contributed by atoms with E-state index in [4.69, 9.17) is 11.6 Å². The summed E-state index contributed by atoms with van der Waals surface area (Å²) in [6.45, 7) is 1.36. The van der Waals surface area contributed by atoms with Crippen molar-refractivity contribution >= 4 is 34.0 Å². The van der Waals surface area contributed by atoms with Crippen LogP contribution in [0.3, 0.4) is 0 Å². The van der Waals surface area contributed by atoms with Gasteiger partial charge in [-0.15, -0.1) is 0 Å². The molecule has 1 aliphatic heterocycles. The van der Waals surface area contributed by atoms with Gasteiger partial charge < -0.3 is 9.88 Å². The number of halogens is 1. The molecule has 4 heteroatoms. The number of nitrogens with zero attached hydrogens (tertiary/aromatic N) is 1. The van der Waals surface area contributed by atoms with E-state index < -0.39 is 0 Å². The Morgan fingerprint density at radius 3 is 2.67 bits per heavy atom. The lowest BCUT2D eigenvalue weighted by Gasteiger charge is -2.26. The summed E-state index contributed by atoms with van der Waals surface area (Å²) in [5.41, 5.74) is 4.16. The first kappa shape index (κ1) is 15.0. The van der Waals surface area contributed by atoms with E-state index in [2.05, 4.69) is 17.1 Å². The maximum absolute atomic E-state index is 12.5. The number of nitrogens with one attached hydrogen (secondary N) is 1. The average Bonchev–Trinajstić information content (AvgIpc) is 3.07. The number of hydrogen-bond acceptors (Lipinski definition) is 1. The standard InChI is InChI=1S/C20H17ClN2O/c21-18-8-4-7-16-17(13-22-19(16)18)14-9-11-23(12-10-14)20(24)15-5-2-1-3-6-15/h1-9,13,22H,10-12H2. The zero-order valence-electron chi connectivity index (χ0n) is 13.1. The Hall–Kier alpha value is -2.52. The van der Waals surface area contributed by atoms with Crippen molar-refractivity contribution in [2.45, 2.75) is 6.42 Å². The minimum atomic E-state index is 0.0906. The third kappa shape index (κ3) is 2.61. The van der Waals surface area contributed by atoms with Crippen molar-refractivity contribution in [2.24, 2.45) is 0 Å². The molecule has 0 saturated carbocycles. The van der Waals surface area contributed by atoms with Gasteiger partial charge in [0.15, 0.2) is 0 Å². The third-order valence-corrected chi connectivity index (χ3v) is 4.84. The van der Waals surface area contributed by atoms with Gasteiger partial charge in [0.05, 0.1) is 10.5 Å². The molecule has 0 fully saturated rings. The van der Waals surface area contributed by atoms with Crippen molar-refractivity contribution in [3.05, 3.63) is 77.0 Å². The zero-order chi connectivity index (χ0) is 16.5. The third-order valence-electron chi connectivity index (χ3n) is 4.53. The first-order valence-corrected chi connectivity index (χ1v) is 8.41. The molecule has 1 aromatic heterocycles. The van der Waals surface area contributed by atoms with Crippen molar-refractivity contribution in [2.75, 3.05) is 13.1 Å². The second-order valence-corrected chi connectivity index (χ2v) is 6.37. The lowest BCUT2D eigenvalue weighted by atomic mass is 9.98. The Morgan fingerprint density at radius 1 is 1.08 bits per heavy atom. The normalized spacial score (nSPS) is 14.7. The van der Waals surface area contributed by atoms with Gasteiger partial charge in [0.1, 0.15) is 0 Å². The van der Waals surface area contributed by atoms with Crippen LogP contribution in [0.2, 0.25) is 5.02 Å². The van der Waals surface area contributed by atoms with Crippen LogP contribution in [-0.4, -0.2) is 28.9 Å². The van der Waals surface area contributed by atoms with Crippen LogP contribution in [-0.2, 0) is 0 Å². The van der Waals surface area contributed by atoms with Gasteiger partial charge in [-0.2, -0.15) is 0 Å². The van der Waals surface area contributed by atoms with Crippen LogP contribution in [0, 0.1) is 0 Å². The van der Waals surface area contributed by atoms with E-state index >= 15 is 0 Å². The number of para-hydroxylation sites is 1. The van der Waals surface area contributed by atoms with Gasteiger partial charge >= 0.3 is 0 Å². The summed E-state index contributed by atoms with van der Waals surface area (Å²) >= 11 is 6.24. The van der Waals surface area contributed by atoms with Gasteiger partial charge in [0.25, 0.3) is 5.91 Å². The predicted molar refractivity (Wildman–Crippen MR) is 98.2 cm³/mol. The van der Waals surface area contributed by atoms with Crippen molar-refractivity contribution in [1.29, 1.82) is 0 Å². The molecule has 120 valence electrons. The predicted octanol–water partition coefficient (Wildman–Crippen LogP) is 4.75. The lowest BCUT2D eigenvalue weighted by molar-refractivity contribution is 0.0773. The van der Waals surface area contributed by atoms with E-state index in [-0.39, 0.29) is 5.91 Å². The highest BCUT2D eigenvalue weighted by molar-refractivity contribution is 6.35. The summed E-state index contributed by atoms with van der Waals surface area (Å²) in [5.74, 6) is 0.0906. The number of H-pyrrole nitrogens is 1. The first-order valence-electron chi connectivity index (χ1n) is 8.03. The highest BCUT2D eigenvalue weighted by Gasteiger charge is 2.20. The quantitative estimate of drug-likeness (QED) is 0.720. The minimum absolute atomic E-state index is 0.0906. The Bertz CT molecular complexity index is 927. The van der Waals surface area contributed by atoms with E-state index in [0.29, 0.717) is 6.54 Å². The molecular formula is C20H17ClN2O. The Balaban J connectivity index is 1.58. The van der Waals surface area contributed by atoms with Gasteiger partial charge in [0.2, 0.25) is 0 Å². The molecule has 0 unspecified atom stereocenters. The number of rotatable bonds is 2. The van der Waals surface area contributed by atoms with E-state index in [1.165, 1.54) is 11.1 Å². The van der Waals surface area contributed by atoms with Crippen LogP contribution in [0.25, 0.3) is 16.5 Å². The average molecular weight is 337 g/mol. The molecule has 2 heterocycles. The molecule has 0 radical (unpaired) electrons. The van der Waals surface area contributed by atoms with Crippen molar-refractivity contribution < 1.29 is 4.79 Å². The Morgan fingerprint density at radius 2 is 1.92 bits per heavy atom. The lowest BCUT2D eigenvalue weighted by Crippen LogP contribution is -2.34. The van der Waals surface area contributed by atoms with Crippen LogP contribution >= 0.6 is 11.6 Å². The van der Waals surface area contributed by atoms with Gasteiger partial charge in [-0.3, -0.25) is 4.79 Å². The molecule has 4 rings (SSSR count). The molecular weight excluding hydrogens is 320 g/mol. The summed E-state index contributed by atoms with van der Waals surface area (Å²) in [7, 11) is 0. The van der Waals surface area contributed by atoms with Crippen molar-refractivity contribution in [3.8, 4) is 0 Å². The number of hydrogen-bond donors (Lipinski definition) is 1. The smallest absolute Gasteiger partial charge is 0.254 e. The minimum Gasteiger partial charge on any atom is -0.359 e. The highest BCUT2D eigenvalue weighted by atomic mass is 35.5. The molecule has 3 aromatic rings. The number of aromatic amines is 1. The van der Waals surface area contributed by atoms with E-state index in [0.717, 1.165) is 34.5 Å².